The Labute approximate surface area is 113 Å². The molecule has 3 N–H and O–H groups in total. The summed E-state index contributed by atoms with van der Waals surface area (Å²) in [6.45, 7) is 8.90. The normalized spacial score (nSPS) is 22.7. The average Bonchev–Trinajstić information content (AvgIpc) is 2.53. The molecule has 0 radical (unpaired) electrons. The molecule has 3 nitrogen and oxygen atoms in total. The summed E-state index contributed by atoms with van der Waals surface area (Å²) >= 11 is 0. The van der Waals surface area contributed by atoms with E-state index >= 15 is 0 Å². The van der Waals surface area contributed by atoms with Crippen molar-refractivity contribution in [2.45, 2.75) is 71.8 Å². The molecule has 0 spiro atoms. The van der Waals surface area contributed by atoms with E-state index in [1.807, 2.05) is 0 Å². The Morgan fingerprint density at radius 1 is 1.33 bits per heavy atom. The fraction of sp³-hybridized carbons (Fsp3) is 0.933. The van der Waals surface area contributed by atoms with E-state index in [0.717, 1.165) is 18.9 Å². The number of nitrogens with zero attached hydrogens (tertiary/aromatic N) is 1. The number of nitrogens with two attached hydrogens (primary N) is 1. The van der Waals surface area contributed by atoms with Crippen LogP contribution in [0.5, 0.6) is 0 Å². The lowest BCUT2D eigenvalue weighted by atomic mass is 9.86. The molecule has 1 saturated heterocycles. The first-order chi connectivity index (χ1) is 8.47. The third kappa shape index (κ3) is 4.60. The molecule has 1 heterocycles. The van der Waals surface area contributed by atoms with E-state index in [4.69, 9.17) is 11.1 Å². The Balaban J connectivity index is 2.38. The number of hydrogen-bond acceptors (Lipinski definition) is 2. The minimum atomic E-state index is -0.131. The molecular weight excluding hydrogens is 222 g/mol. The third-order valence-electron chi connectivity index (χ3n) is 4.45. The molecule has 1 aliphatic heterocycles. The first-order valence-corrected chi connectivity index (χ1v) is 7.56. The minimum absolute atomic E-state index is 0.131. The molecule has 0 amide bonds. The Morgan fingerprint density at radius 2 is 2.06 bits per heavy atom. The zero-order chi connectivity index (χ0) is 13.6. The summed E-state index contributed by atoms with van der Waals surface area (Å²) in [4.78, 5) is 2.67. The number of rotatable bonds is 6. The highest BCUT2D eigenvalue weighted by molar-refractivity contribution is 5.82. The topological polar surface area (TPSA) is 53.1 Å². The molecule has 1 rings (SSSR count). The summed E-state index contributed by atoms with van der Waals surface area (Å²) in [5.74, 6) is 0.324. The van der Waals surface area contributed by atoms with Crippen molar-refractivity contribution in [2.24, 2.45) is 11.1 Å². The van der Waals surface area contributed by atoms with Gasteiger partial charge in [-0.1, -0.05) is 33.6 Å². The molecule has 1 fully saturated rings. The molecule has 0 aromatic rings. The van der Waals surface area contributed by atoms with Crippen molar-refractivity contribution in [1.29, 1.82) is 5.41 Å². The zero-order valence-corrected chi connectivity index (χ0v) is 12.5. The van der Waals surface area contributed by atoms with Crippen LogP contribution in [0.25, 0.3) is 0 Å². The molecule has 0 saturated carbocycles. The van der Waals surface area contributed by atoms with Crippen LogP contribution < -0.4 is 5.73 Å². The van der Waals surface area contributed by atoms with Crippen LogP contribution in [0.1, 0.15) is 65.7 Å². The predicted molar refractivity (Wildman–Crippen MR) is 79.0 cm³/mol. The van der Waals surface area contributed by atoms with Crippen molar-refractivity contribution < 1.29 is 0 Å². The highest BCUT2D eigenvalue weighted by atomic mass is 15.1. The fourth-order valence-electron chi connectivity index (χ4n) is 2.85. The number of likely N-dealkylation sites (tertiary alicyclic amines) is 1. The van der Waals surface area contributed by atoms with Crippen LogP contribution >= 0.6 is 0 Å². The summed E-state index contributed by atoms with van der Waals surface area (Å²) < 4.78 is 0. The molecule has 0 bridgehead atoms. The van der Waals surface area contributed by atoms with Gasteiger partial charge in [-0.2, -0.15) is 0 Å². The smallest absolute Gasteiger partial charge is 0.0963 e. The molecule has 106 valence electrons. The van der Waals surface area contributed by atoms with Crippen molar-refractivity contribution in [2.75, 3.05) is 13.1 Å². The quantitative estimate of drug-likeness (QED) is 0.563. The van der Waals surface area contributed by atoms with Gasteiger partial charge in [0, 0.05) is 11.5 Å². The van der Waals surface area contributed by atoms with Gasteiger partial charge < -0.3 is 10.6 Å². The molecule has 0 aromatic heterocycles. The SMILES string of the molecule is CCC1CCCCCN1CCCC(C)(C)C(=N)N. The Kier molecular flexibility index (Phi) is 6.13. The number of hydrogen-bond donors (Lipinski definition) is 2. The summed E-state index contributed by atoms with van der Waals surface area (Å²) in [7, 11) is 0. The van der Waals surface area contributed by atoms with Gasteiger partial charge in [0.15, 0.2) is 0 Å². The Hall–Kier alpha value is -0.570. The van der Waals surface area contributed by atoms with Crippen LogP contribution in [0.15, 0.2) is 0 Å². The van der Waals surface area contributed by atoms with E-state index in [2.05, 4.69) is 25.7 Å². The van der Waals surface area contributed by atoms with E-state index in [1.54, 1.807) is 0 Å². The van der Waals surface area contributed by atoms with Gasteiger partial charge in [-0.3, -0.25) is 5.41 Å². The van der Waals surface area contributed by atoms with Gasteiger partial charge in [-0.15, -0.1) is 0 Å². The van der Waals surface area contributed by atoms with Gasteiger partial charge in [0.25, 0.3) is 0 Å². The zero-order valence-electron chi connectivity index (χ0n) is 12.5. The molecule has 0 aromatic carbocycles. The molecule has 3 heteroatoms. The van der Waals surface area contributed by atoms with Gasteiger partial charge in [-0.05, 0) is 45.2 Å². The van der Waals surface area contributed by atoms with Gasteiger partial charge in [0.1, 0.15) is 0 Å². The van der Waals surface area contributed by atoms with Crippen LogP contribution in [0.4, 0.5) is 0 Å². The third-order valence-corrected chi connectivity index (χ3v) is 4.45. The second-order valence-corrected chi connectivity index (χ2v) is 6.35. The summed E-state index contributed by atoms with van der Waals surface area (Å²) in [5, 5.41) is 7.59. The first kappa shape index (κ1) is 15.5. The van der Waals surface area contributed by atoms with Gasteiger partial charge in [-0.25, -0.2) is 0 Å². The van der Waals surface area contributed by atoms with Crippen LogP contribution in [0, 0.1) is 10.8 Å². The lowest BCUT2D eigenvalue weighted by molar-refractivity contribution is 0.186. The Morgan fingerprint density at radius 3 is 2.67 bits per heavy atom. The van der Waals surface area contributed by atoms with Gasteiger partial charge in [0.2, 0.25) is 0 Å². The maximum absolute atomic E-state index is 7.59. The lowest BCUT2D eigenvalue weighted by Crippen LogP contribution is -2.37. The molecule has 18 heavy (non-hydrogen) atoms. The van der Waals surface area contributed by atoms with Crippen molar-refractivity contribution in [3.8, 4) is 0 Å². The maximum atomic E-state index is 7.59. The van der Waals surface area contributed by atoms with E-state index < -0.39 is 0 Å². The summed E-state index contributed by atoms with van der Waals surface area (Å²) in [5.41, 5.74) is 5.51. The lowest BCUT2D eigenvalue weighted by Gasteiger charge is -2.30. The standard InChI is InChI=1S/C15H31N3/c1-4-13-9-6-5-7-11-18(13)12-8-10-15(2,3)14(16)17/h13H,4-12H2,1-3H3,(H3,16,17). The second kappa shape index (κ2) is 7.13. The summed E-state index contributed by atoms with van der Waals surface area (Å²) in [6, 6.07) is 0.785. The van der Waals surface area contributed by atoms with Crippen molar-refractivity contribution in [1.82, 2.24) is 4.90 Å². The fourth-order valence-corrected chi connectivity index (χ4v) is 2.85. The average molecular weight is 253 g/mol. The van der Waals surface area contributed by atoms with Crippen LogP contribution in [-0.2, 0) is 0 Å². The van der Waals surface area contributed by atoms with Crippen LogP contribution in [0.2, 0.25) is 0 Å². The van der Waals surface area contributed by atoms with Crippen molar-refractivity contribution in [3.05, 3.63) is 0 Å². The molecule has 1 unspecified atom stereocenters. The predicted octanol–water partition coefficient (Wildman–Crippen LogP) is 3.38. The van der Waals surface area contributed by atoms with E-state index in [9.17, 15) is 0 Å². The van der Waals surface area contributed by atoms with Crippen molar-refractivity contribution >= 4 is 5.84 Å². The highest BCUT2D eigenvalue weighted by Gasteiger charge is 2.23. The number of amidine groups is 1. The Bertz CT molecular complexity index is 260. The maximum Gasteiger partial charge on any atom is 0.0963 e. The van der Waals surface area contributed by atoms with Crippen LogP contribution in [0.3, 0.4) is 0 Å². The van der Waals surface area contributed by atoms with E-state index in [1.165, 1.54) is 45.2 Å². The number of nitrogens with one attached hydrogen (secondary N) is 1. The molecule has 1 atom stereocenters. The first-order valence-electron chi connectivity index (χ1n) is 7.56. The second-order valence-electron chi connectivity index (χ2n) is 6.35. The van der Waals surface area contributed by atoms with Crippen molar-refractivity contribution in [3.63, 3.8) is 0 Å². The summed E-state index contributed by atoms with van der Waals surface area (Å²) in [6.07, 6.45) is 8.97. The monoisotopic (exact) mass is 253 g/mol. The van der Waals surface area contributed by atoms with Crippen LogP contribution in [-0.4, -0.2) is 29.9 Å². The van der Waals surface area contributed by atoms with E-state index in [0.29, 0.717) is 5.84 Å². The van der Waals surface area contributed by atoms with E-state index in [-0.39, 0.29) is 5.41 Å². The highest BCUT2D eigenvalue weighted by Crippen LogP contribution is 2.24. The minimum Gasteiger partial charge on any atom is -0.387 e. The molecule has 1 aliphatic rings. The van der Waals surface area contributed by atoms with Gasteiger partial charge in [0.05, 0.1) is 5.84 Å². The molecule has 0 aliphatic carbocycles. The van der Waals surface area contributed by atoms with Gasteiger partial charge >= 0.3 is 0 Å². The largest absolute Gasteiger partial charge is 0.387 e. The molecular formula is C15H31N3.